The van der Waals surface area contributed by atoms with Crippen molar-refractivity contribution in [3.63, 3.8) is 0 Å². The van der Waals surface area contributed by atoms with Gasteiger partial charge in [0.05, 0.1) is 6.73 Å². The highest BCUT2D eigenvalue weighted by molar-refractivity contribution is 14.1. The molecule has 1 heterocycles. The zero-order valence-corrected chi connectivity index (χ0v) is 5.44. The Balaban J connectivity index is 2.18. The molecule has 1 aliphatic heterocycles. The number of hydrogen-bond acceptors (Lipinski definition) is 2. The van der Waals surface area contributed by atoms with Crippen molar-refractivity contribution in [2.75, 3.05) is 13.3 Å². The summed E-state index contributed by atoms with van der Waals surface area (Å²) in [4.78, 5) is 0. The SMILES string of the molecule is IC1CNCO1. The molecule has 3 heteroatoms. The van der Waals surface area contributed by atoms with E-state index in [0.717, 1.165) is 13.3 Å². The van der Waals surface area contributed by atoms with E-state index in [-0.39, 0.29) is 0 Å². The van der Waals surface area contributed by atoms with Gasteiger partial charge in [-0.25, -0.2) is 0 Å². The maximum atomic E-state index is 5.03. The van der Waals surface area contributed by atoms with Gasteiger partial charge in [0.2, 0.25) is 0 Å². The highest BCUT2D eigenvalue weighted by Crippen LogP contribution is 2.03. The van der Waals surface area contributed by atoms with Crippen LogP contribution in [0.15, 0.2) is 0 Å². The molecule has 6 heavy (non-hydrogen) atoms. The smallest absolute Gasteiger partial charge is 0.123 e. The predicted molar refractivity (Wildman–Crippen MR) is 31.8 cm³/mol. The average Bonchev–Trinajstić information content (AvgIpc) is 1.86. The summed E-state index contributed by atoms with van der Waals surface area (Å²) in [5.74, 6) is 0. The molecular formula is C3H6INO. The number of hydrogen-bond donors (Lipinski definition) is 1. The number of nitrogens with one attached hydrogen (secondary N) is 1. The predicted octanol–water partition coefficient (Wildman–Crippen LogP) is 0.325. The van der Waals surface area contributed by atoms with Crippen LogP contribution in [0.5, 0.6) is 0 Å². The van der Waals surface area contributed by atoms with Crippen molar-refractivity contribution in [2.24, 2.45) is 0 Å². The van der Waals surface area contributed by atoms with Crippen molar-refractivity contribution >= 4 is 22.6 Å². The number of ether oxygens (including phenoxy) is 1. The summed E-state index contributed by atoms with van der Waals surface area (Å²) in [6.07, 6.45) is 0. The van der Waals surface area contributed by atoms with E-state index in [1.54, 1.807) is 0 Å². The summed E-state index contributed by atoms with van der Waals surface area (Å²) in [6.45, 7) is 1.73. The fraction of sp³-hybridized carbons (Fsp3) is 1.00. The maximum Gasteiger partial charge on any atom is 0.123 e. The molecule has 1 atom stereocenters. The highest BCUT2D eigenvalue weighted by atomic mass is 127. The van der Waals surface area contributed by atoms with Crippen LogP contribution < -0.4 is 5.32 Å². The Labute approximate surface area is 50.4 Å². The molecule has 36 valence electrons. The summed E-state index contributed by atoms with van der Waals surface area (Å²) in [7, 11) is 0. The molecule has 1 fully saturated rings. The molecule has 0 spiro atoms. The molecule has 0 aromatic heterocycles. The van der Waals surface area contributed by atoms with Crippen molar-refractivity contribution in [2.45, 2.75) is 4.11 Å². The third kappa shape index (κ3) is 1.06. The Morgan fingerprint density at radius 1 is 1.83 bits per heavy atom. The average molecular weight is 199 g/mol. The van der Waals surface area contributed by atoms with Gasteiger partial charge in [-0.1, -0.05) is 0 Å². The Hall–Kier alpha value is 0.650. The van der Waals surface area contributed by atoms with Gasteiger partial charge in [-0.15, -0.1) is 0 Å². The van der Waals surface area contributed by atoms with Crippen LogP contribution in [0, 0.1) is 0 Å². The molecule has 1 N–H and O–H groups in total. The van der Waals surface area contributed by atoms with Gasteiger partial charge < -0.3 is 4.74 Å². The normalized spacial score (nSPS) is 34.5. The van der Waals surface area contributed by atoms with Gasteiger partial charge in [0.1, 0.15) is 4.11 Å². The monoisotopic (exact) mass is 199 g/mol. The van der Waals surface area contributed by atoms with E-state index in [1.807, 2.05) is 0 Å². The zero-order valence-electron chi connectivity index (χ0n) is 3.28. The van der Waals surface area contributed by atoms with E-state index in [4.69, 9.17) is 4.74 Å². The molecule has 2 nitrogen and oxygen atoms in total. The lowest BCUT2D eigenvalue weighted by Gasteiger charge is -1.90. The van der Waals surface area contributed by atoms with Gasteiger partial charge in [-0.05, 0) is 22.6 Å². The van der Waals surface area contributed by atoms with Gasteiger partial charge >= 0.3 is 0 Å². The quantitative estimate of drug-likeness (QED) is 0.448. The molecule has 0 aromatic carbocycles. The lowest BCUT2D eigenvalue weighted by atomic mass is 10.7. The number of alkyl halides is 1. The lowest BCUT2D eigenvalue weighted by Crippen LogP contribution is -2.07. The molecule has 0 saturated carbocycles. The van der Waals surface area contributed by atoms with Gasteiger partial charge in [-0.2, -0.15) is 0 Å². The molecule has 0 aliphatic carbocycles. The van der Waals surface area contributed by atoms with E-state index in [0.29, 0.717) is 4.11 Å². The van der Waals surface area contributed by atoms with E-state index in [2.05, 4.69) is 27.9 Å². The molecule has 1 unspecified atom stereocenters. The zero-order chi connectivity index (χ0) is 4.41. The van der Waals surface area contributed by atoms with Gasteiger partial charge in [0, 0.05) is 6.54 Å². The Kier molecular flexibility index (Phi) is 1.67. The Bertz CT molecular complexity index is 44.1. The van der Waals surface area contributed by atoms with Crippen LogP contribution in [0.2, 0.25) is 0 Å². The van der Waals surface area contributed by atoms with Crippen LogP contribution in [0.4, 0.5) is 0 Å². The number of halogens is 1. The van der Waals surface area contributed by atoms with Crippen LogP contribution in [0.25, 0.3) is 0 Å². The minimum atomic E-state index is 0.405. The van der Waals surface area contributed by atoms with Crippen molar-refractivity contribution in [1.82, 2.24) is 5.32 Å². The fourth-order valence-corrected chi connectivity index (χ4v) is 0.872. The van der Waals surface area contributed by atoms with E-state index >= 15 is 0 Å². The fourth-order valence-electron chi connectivity index (χ4n) is 0.381. The molecular weight excluding hydrogens is 193 g/mol. The Morgan fingerprint density at radius 3 is 2.83 bits per heavy atom. The topological polar surface area (TPSA) is 21.3 Å². The van der Waals surface area contributed by atoms with Crippen molar-refractivity contribution in [1.29, 1.82) is 0 Å². The second-order valence-electron chi connectivity index (χ2n) is 1.18. The summed E-state index contributed by atoms with van der Waals surface area (Å²) >= 11 is 2.25. The second kappa shape index (κ2) is 2.09. The highest BCUT2D eigenvalue weighted by Gasteiger charge is 2.07. The van der Waals surface area contributed by atoms with Crippen molar-refractivity contribution < 1.29 is 4.74 Å². The van der Waals surface area contributed by atoms with Crippen LogP contribution in [-0.4, -0.2) is 17.4 Å². The number of rotatable bonds is 0. The van der Waals surface area contributed by atoms with E-state index < -0.39 is 0 Å². The van der Waals surface area contributed by atoms with Crippen LogP contribution in [0.1, 0.15) is 0 Å². The first kappa shape index (κ1) is 4.80. The third-order valence-electron chi connectivity index (χ3n) is 0.671. The summed E-state index contributed by atoms with van der Waals surface area (Å²) in [6, 6.07) is 0. The van der Waals surface area contributed by atoms with Gasteiger partial charge in [-0.3, -0.25) is 5.32 Å². The molecule has 1 aliphatic rings. The first-order valence-electron chi connectivity index (χ1n) is 1.86. The molecule has 1 rings (SSSR count). The molecule has 1 saturated heterocycles. The van der Waals surface area contributed by atoms with Crippen LogP contribution in [0.3, 0.4) is 0 Å². The maximum absolute atomic E-state index is 5.03. The van der Waals surface area contributed by atoms with Gasteiger partial charge in [0.25, 0.3) is 0 Å². The minimum Gasteiger partial charge on any atom is -0.351 e. The Morgan fingerprint density at radius 2 is 2.67 bits per heavy atom. The molecule has 0 bridgehead atoms. The third-order valence-corrected chi connectivity index (χ3v) is 1.47. The molecule has 0 radical (unpaired) electrons. The standard InChI is InChI=1S/C3H6INO/c4-3-1-5-2-6-3/h3,5H,1-2H2. The van der Waals surface area contributed by atoms with Crippen LogP contribution in [-0.2, 0) is 4.74 Å². The van der Waals surface area contributed by atoms with Crippen molar-refractivity contribution in [3.8, 4) is 0 Å². The van der Waals surface area contributed by atoms with E-state index in [9.17, 15) is 0 Å². The molecule has 0 aromatic rings. The first-order valence-corrected chi connectivity index (χ1v) is 3.10. The van der Waals surface area contributed by atoms with Crippen LogP contribution >= 0.6 is 22.6 Å². The minimum absolute atomic E-state index is 0.405. The van der Waals surface area contributed by atoms with E-state index in [1.165, 1.54) is 0 Å². The van der Waals surface area contributed by atoms with Crippen molar-refractivity contribution in [3.05, 3.63) is 0 Å². The lowest BCUT2D eigenvalue weighted by molar-refractivity contribution is 0.182. The molecule has 0 amide bonds. The summed E-state index contributed by atoms with van der Waals surface area (Å²) in [5.41, 5.74) is 0. The largest absolute Gasteiger partial charge is 0.351 e. The second-order valence-corrected chi connectivity index (χ2v) is 2.56. The summed E-state index contributed by atoms with van der Waals surface area (Å²) in [5, 5.41) is 3.04. The summed E-state index contributed by atoms with van der Waals surface area (Å²) < 4.78 is 5.43. The first-order chi connectivity index (χ1) is 2.89. The van der Waals surface area contributed by atoms with Gasteiger partial charge in [0.15, 0.2) is 0 Å².